The molecule has 0 spiro atoms. The van der Waals surface area contributed by atoms with Crippen LogP contribution >= 0.6 is 0 Å². The summed E-state index contributed by atoms with van der Waals surface area (Å²) < 4.78 is 29.5. The van der Waals surface area contributed by atoms with Crippen LogP contribution in [0.3, 0.4) is 0 Å². The number of carbonyl (C=O) groups excluding carboxylic acids is 1. The second-order valence-electron chi connectivity index (χ2n) is 7.97. The van der Waals surface area contributed by atoms with Crippen LogP contribution in [-0.2, 0) is 9.47 Å². The van der Waals surface area contributed by atoms with Crippen molar-refractivity contribution in [3.8, 4) is 28.5 Å². The van der Waals surface area contributed by atoms with E-state index in [0.29, 0.717) is 36.9 Å². The van der Waals surface area contributed by atoms with Crippen LogP contribution in [0.1, 0.15) is 60.7 Å². The fraction of sp³-hybridized carbons (Fsp3) is 0.500. The van der Waals surface area contributed by atoms with Gasteiger partial charge in [-0.2, -0.15) is 0 Å². The van der Waals surface area contributed by atoms with Gasteiger partial charge in [0.25, 0.3) is 5.56 Å². The molecule has 1 fully saturated rings. The molecule has 1 aromatic heterocycles. The number of rotatable bonds is 9. The second-order valence-corrected chi connectivity index (χ2v) is 7.97. The summed E-state index contributed by atoms with van der Waals surface area (Å²) in [5, 5.41) is 0. The summed E-state index contributed by atoms with van der Waals surface area (Å²) >= 11 is 0. The zero-order valence-electron chi connectivity index (χ0n) is 18.9. The van der Waals surface area contributed by atoms with E-state index in [1.807, 2.05) is 19.1 Å². The Balaban J connectivity index is 1.88. The van der Waals surface area contributed by atoms with Crippen molar-refractivity contribution in [1.29, 1.82) is 0 Å². The van der Waals surface area contributed by atoms with E-state index in [1.165, 1.54) is 7.11 Å². The van der Waals surface area contributed by atoms with Gasteiger partial charge in [0.2, 0.25) is 0 Å². The van der Waals surface area contributed by atoms with E-state index >= 15 is 0 Å². The number of esters is 1. The summed E-state index contributed by atoms with van der Waals surface area (Å²) in [6, 6.07) is 5.35. The van der Waals surface area contributed by atoms with Crippen LogP contribution in [0.5, 0.6) is 17.2 Å². The first-order chi connectivity index (χ1) is 15.5. The SMILES string of the molecule is CCC1Oc2cc(OCCCOC)c(OC)cc2-c2c1cc(C(=O)OC)c(=O)n2C1CC1. The number of hydrogen-bond donors (Lipinski definition) is 0. The molecule has 1 unspecified atom stereocenters. The maximum atomic E-state index is 13.3. The number of ether oxygens (including phenoxy) is 5. The second kappa shape index (κ2) is 9.24. The lowest BCUT2D eigenvalue weighted by atomic mass is 9.93. The molecule has 2 aliphatic rings. The van der Waals surface area contributed by atoms with Crippen molar-refractivity contribution in [3.63, 3.8) is 0 Å². The third-order valence-electron chi connectivity index (χ3n) is 5.84. The van der Waals surface area contributed by atoms with Crippen LogP contribution in [0, 0.1) is 0 Å². The molecule has 172 valence electrons. The minimum absolute atomic E-state index is 0.0358. The Morgan fingerprint density at radius 1 is 1.12 bits per heavy atom. The molecular formula is C24H29NO7. The van der Waals surface area contributed by atoms with Gasteiger partial charge in [0.1, 0.15) is 17.4 Å². The predicted molar refractivity (Wildman–Crippen MR) is 118 cm³/mol. The lowest BCUT2D eigenvalue weighted by Gasteiger charge is -2.31. The maximum absolute atomic E-state index is 13.3. The number of hydrogen-bond acceptors (Lipinski definition) is 7. The molecule has 32 heavy (non-hydrogen) atoms. The van der Waals surface area contributed by atoms with Crippen molar-refractivity contribution < 1.29 is 28.5 Å². The van der Waals surface area contributed by atoms with Crippen LogP contribution in [0.25, 0.3) is 11.3 Å². The topological polar surface area (TPSA) is 85.2 Å². The zero-order valence-corrected chi connectivity index (χ0v) is 18.9. The lowest BCUT2D eigenvalue weighted by Crippen LogP contribution is -2.31. The van der Waals surface area contributed by atoms with Crippen molar-refractivity contribution in [2.24, 2.45) is 0 Å². The predicted octanol–water partition coefficient (Wildman–Crippen LogP) is 3.90. The molecule has 0 bridgehead atoms. The molecule has 1 aromatic carbocycles. The zero-order chi connectivity index (χ0) is 22.8. The Morgan fingerprint density at radius 3 is 2.53 bits per heavy atom. The highest BCUT2D eigenvalue weighted by Gasteiger charge is 2.37. The summed E-state index contributed by atoms with van der Waals surface area (Å²) in [7, 11) is 4.52. The van der Waals surface area contributed by atoms with E-state index in [0.717, 1.165) is 36.1 Å². The molecule has 1 aliphatic carbocycles. The van der Waals surface area contributed by atoms with Crippen LogP contribution in [-0.4, -0.2) is 45.1 Å². The standard InChI is InChI=1S/C24H29NO7/c1-5-18-15-11-17(24(27)30-4)23(26)25(14-7-8-14)22(15)16-12-20(29-3)21(13-19(16)32-18)31-10-6-9-28-2/h11-14,18H,5-10H2,1-4H3. The van der Waals surface area contributed by atoms with E-state index in [9.17, 15) is 9.59 Å². The minimum Gasteiger partial charge on any atom is -0.493 e. The number of methoxy groups -OCH3 is 3. The lowest BCUT2D eigenvalue weighted by molar-refractivity contribution is 0.0597. The minimum atomic E-state index is -0.634. The molecule has 1 atom stereocenters. The van der Waals surface area contributed by atoms with Gasteiger partial charge in [0, 0.05) is 43.4 Å². The van der Waals surface area contributed by atoms with Gasteiger partial charge in [-0.3, -0.25) is 4.79 Å². The monoisotopic (exact) mass is 443 g/mol. The highest BCUT2D eigenvalue weighted by Crippen LogP contribution is 2.50. The van der Waals surface area contributed by atoms with Gasteiger partial charge in [0.05, 0.1) is 26.5 Å². The van der Waals surface area contributed by atoms with Crippen molar-refractivity contribution in [1.82, 2.24) is 4.57 Å². The first-order valence-electron chi connectivity index (χ1n) is 10.9. The van der Waals surface area contributed by atoms with Gasteiger partial charge in [0.15, 0.2) is 11.5 Å². The number of fused-ring (bicyclic) bond motifs is 3. The molecule has 0 radical (unpaired) electrons. The first-order valence-corrected chi connectivity index (χ1v) is 10.9. The number of aromatic nitrogens is 1. The molecule has 4 rings (SSSR count). The summed E-state index contributed by atoms with van der Waals surface area (Å²) in [5.41, 5.74) is 2.05. The smallest absolute Gasteiger partial charge is 0.343 e. The Morgan fingerprint density at radius 2 is 1.91 bits per heavy atom. The third kappa shape index (κ3) is 3.95. The molecule has 0 saturated heterocycles. The number of pyridine rings is 1. The van der Waals surface area contributed by atoms with Crippen molar-refractivity contribution in [2.75, 3.05) is 34.5 Å². The number of carbonyl (C=O) groups is 1. The van der Waals surface area contributed by atoms with E-state index < -0.39 is 5.97 Å². The van der Waals surface area contributed by atoms with Crippen LogP contribution < -0.4 is 19.8 Å². The molecule has 2 aromatic rings. The van der Waals surface area contributed by atoms with Gasteiger partial charge in [-0.25, -0.2) is 4.79 Å². The summed E-state index contributed by atoms with van der Waals surface area (Å²) in [6.45, 7) is 3.09. The van der Waals surface area contributed by atoms with Gasteiger partial charge in [-0.15, -0.1) is 0 Å². The highest BCUT2D eigenvalue weighted by molar-refractivity contribution is 5.90. The Labute approximate surface area is 187 Å². The van der Waals surface area contributed by atoms with E-state index in [-0.39, 0.29) is 23.3 Å². The Hall–Kier alpha value is -3.00. The van der Waals surface area contributed by atoms with Crippen molar-refractivity contribution >= 4 is 5.97 Å². The van der Waals surface area contributed by atoms with Gasteiger partial charge in [-0.05, 0) is 31.4 Å². The average molecular weight is 443 g/mol. The number of nitrogens with zero attached hydrogens (tertiary/aromatic N) is 1. The summed E-state index contributed by atoms with van der Waals surface area (Å²) in [6.07, 6.45) is 2.90. The van der Waals surface area contributed by atoms with E-state index in [4.69, 9.17) is 23.7 Å². The molecule has 1 saturated carbocycles. The molecule has 8 nitrogen and oxygen atoms in total. The molecule has 2 heterocycles. The van der Waals surface area contributed by atoms with Crippen LogP contribution in [0.4, 0.5) is 0 Å². The highest BCUT2D eigenvalue weighted by atomic mass is 16.5. The quantitative estimate of drug-likeness (QED) is 0.429. The summed E-state index contributed by atoms with van der Waals surface area (Å²) in [5.74, 6) is 1.13. The molecule has 8 heteroatoms. The fourth-order valence-electron chi connectivity index (χ4n) is 4.13. The molecular weight excluding hydrogens is 414 g/mol. The van der Waals surface area contributed by atoms with Crippen molar-refractivity contribution in [3.05, 3.63) is 39.7 Å². The fourth-order valence-corrected chi connectivity index (χ4v) is 4.13. The Bertz CT molecular complexity index is 1070. The van der Waals surface area contributed by atoms with Crippen LogP contribution in [0.15, 0.2) is 23.0 Å². The largest absolute Gasteiger partial charge is 0.493 e. The molecule has 0 N–H and O–H groups in total. The van der Waals surface area contributed by atoms with Gasteiger partial charge in [-0.1, -0.05) is 6.92 Å². The maximum Gasteiger partial charge on any atom is 0.343 e. The average Bonchev–Trinajstić information content (AvgIpc) is 3.65. The summed E-state index contributed by atoms with van der Waals surface area (Å²) in [4.78, 5) is 25.6. The Kier molecular flexibility index (Phi) is 6.41. The van der Waals surface area contributed by atoms with Gasteiger partial charge < -0.3 is 28.3 Å². The van der Waals surface area contributed by atoms with E-state index in [1.54, 1.807) is 24.9 Å². The third-order valence-corrected chi connectivity index (χ3v) is 5.84. The molecule has 1 aliphatic heterocycles. The van der Waals surface area contributed by atoms with Crippen LogP contribution in [0.2, 0.25) is 0 Å². The van der Waals surface area contributed by atoms with Gasteiger partial charge >= 0.3 is 5.97 Å². The first kappa shape index (κ1) is 22.2. The van der Waals surface area contributed by atoms with E-state index in [2.05, 4.69) is 0 Å². The van der Waals surface area contributed by atoms with Crippen molar-refractivity contribution in [2.45, 2.75) is 44.8 Å². The normalized spacial score (nSPS) is 16.6. The number of benzene rings is 1. The molecule has 0 amide bonds.